The molecule has 2 aromatic heterocycles. The third-order valence-corrected chi connectivity index (χ3v) is 8.21. The molecule has 0 atom stereocenters. The molecule has 0 amide bonds. The lowest BCUT2D eigenvalue weighted by molar-refractivity contribution is -0.138. The van der Waals surface area contributed by atoms with Gasteiger partial charge in [-0.3, -0.25) is 4.90 Å². The van der Waals surface area contributed by atoms with Gasteiger partial charge in [0.1, 0.15) is 17.5 Å². The summed E-state index contributed by atoms with van der Waals surface area (Å²) in [5, 5.41) is 23.4. The molecule has 1 aromatic carbocycles. The van der Waals surface area contributed by atoms with Crippen LogP contribution in [0.2, 0.25) is 0 Å². The lowest BCUT2D eigenvalue weighted by Crippen LogP contribution is -2.61. The third kappa shape index (κ3) is 5.50. The highest BCUT2D eigenvalue weighted by molar-refractivity contribution is 5.66. The van der Waals surface area contributed by atoms with Crippen LogP contribution < -0.4 is 16.3 Å². The van der Waals surface area contributed by atoms with E-state index in [1.807, 2.05) is 0 Å². The molecule has 0 spiro atoms. The zero-order valence-corrected chi connectivity index (χ0v) is 23.8. The molecular formula is C27H33F3N10O. The first-order chi connectivity index (χ1) is 19.1. The maximum atomic E-state index is 14.3. The Kier molecular flexibility index (Phi) is 6.84. The third-order valence-electron chi connectivity index (χ3n) is 8.21. The second-order valence-electron chi connectivity index (χ2n) is 12.2. The Morgan fingerprint density at radius 2 is 1.73 bits per heavy atom. The summed E-state index contributed by atoms with van der Waals surface area (Å²) in [5.74, 6) is -0.0422. The number of aromatic nitrogens is 6. The fraction of sp³-hybridized carbons (Fsp3) is 0.556. The van der Waals surface area contributed by atoms with Crippen LogP contribution in [0.25, 0.3) is 5.69 Å². The quantitative estimate of drug-likeness (QED) is 0.445. The van der Waals surface area contributed by atoms with Crippen molar-refractivity contribution in [2.45, 2.75) is 82.6 Å². The highest BCUT2D eigenvalue weighted by atomic mass is 19.4. The predicted octanol–water partition coefficient (Wildman–Crippen LogP) is 4.33. The highest BCUT2D eigenvalue weighted by Gasteiger charge is 2.43. The minimum atomic E-state index is -4.68. The molecule has 5 rings (SSSR count). The minimum absolute atomic E-state index is 0.00249. The van der Waals surface area contributed by atoms with Gasteiger partial charge in [-0.2, -0.15) is 32.8 Å². The number of rotatable bonds is 6. The van der Waals surface area contributed by atoms with Crippen LogP contribution in [-0.4, -0.2) is 58.8 Å². The Hall–Kier alpha value is -3.99. The Morgan fingerprint density at radius 3 is 2.27 bits per heavy atom. The van der Waals surface area contributed by atoms with Crippen molar-refractivity contribution in [3.63, 3.8) is 0 Å². The summed E-state index contributed by atoms with van der Waals surface area (Å²) in [5.41, 5.74) is -1.50. The molecule has 41 heavy (non-hydrogen) atoms. The molecule has 0 unspecified atom stereocenters. The first-order valence-electron chi connectivity index (χ1n) is 13.4. The zero-order valence-electron chi connectivity index (χ0n) is 23.8. The molecular weight excluding hydrogens is 537 g/mol. The van der Waals surface area contributed by atoms with E-state index in [2.05, 4.69) is 76.7 Å². The molecule has 3 aromatic rings. The summed E-state index contributed by atoms with van der Waals surface area (Å²) in [6.45, 7) is 8.63. The molecule has 14 heteroatoms. The van der Waals surface area contributed by atoms with Crippen LogP contribution in [-0.2, 0) is 13.2 Å². The Bertz CT molecular complexity index is 1560. The number of alkyl halides is 3. The number of anilines is 3. The van der Waals surface area contributed by atoms with Gasteiger partial charge in [-0.25, -0.2) is 9.78 Å². The van der Waals surface area contributed by atoms with E-state index in [9.17, 15) is 23.2 Å². The number of nitrogens with one attached hydrogen (secondary N) is 2. The van der Waals surface area contributed by atoms with Gasteiger partial charge in [-0.15, -0.1) is 0 Å². The summed E-state index contributed by atoms with van der Waals surface area (Å²) in [7, 11) is 3.47. The molecule has 218 valence electrons. The summed E-state index contributed by atoms with van der Waals surface area (Å²) >= 11 is 0. The SMILES string of the molecule is CN1C(C)(C)CC(Nc2nc(Nc3cc(-n4nnn(C)c4=O)c(C4CC4)c(C(F)(F)F)c3)ncc2C#N)CC1(C)C. The number of tetrazole rings is 1. The average molecular weight is 571 g/mol. The van der Waals surface area contributed by atoms with E-state index in [-0.39, 0.29) is 51.5 Å². The minimum Gasteiger partial charge on any atom is -0.366 e. The van der Waals surface area contributed by atoms with E-state index < -0.39 is 17.4 Å². The van der Waals surface area contributed by atoms with Crippen LogP contribution >= 0.6 is 0 Å². The lowest BCUT2D eigenvalue weighted by Gasteiger charge is -2.53. The normalized spacial score (nSPS) is 19.1. The van der Waals surface area contributed by atoms with E-state index in [1.54, 1.807) is 0 Å². The lowest BCUT2D eigenvalue weighted by atomic mass is 9.77. The molecule has 0 radical (unpaired) electrons. The van der Waals surface area contributed by atoms with Gasteiger partial charge in [0.15, 0.2) is 0 Å². The van der Waals surface area contributed by atoms with E-state index in [0.29, 0.717) is 18.7 Å². The van der Waals surface area contributed by atoms with E-state index in [0.717, 1.165) is 28.3 Å². The Morgan fingerprint density at radius 1 is 1.07 bits per heavy atom. The van der Waals surface area contributed by atoms with Crippen LogP contribution in [0.15, 0.2) is 23.1 Å². The van der Waals surface area contributed by atoms with Gasteiger partial charge in [0, 0.05) is 29.9 Å². The second-order valence-corrected chi connectivity index (χ2v) is 12.2. The molecule has 3 heterocycles. The van der Waals surface area contributed by atoms with E-state index in [1.165, 1.54) is 19.3 Å². The first kappa shape index (κ1) is 28.5. The van der Waals surface area contributed by atoms with Gasteiger partial charge in [-0.05, 0) is 94.5 Å². The van der Waals surface area contributed by atoms with Crippen LogP contribution in [0.3, 0.4) is 0 Å². The van der Waals surface area contributed by atoms with Crippen LogP contribution in [0.5, 0.6) is 0 Å². The molecule has 2 fully saturated rings. The molecule has 2 N–H and O–H groups in total. The predicted molar refractivity (Wildman–Crippen MR) is 146 cm³/mol. The summed E-state index contributed by atoms with van der Waals surface area (Å²) in [6, 6.07) is 4.51. The molecule has 0 bridgehead atoms. The number of benzene rings is 1. The molecule has 2 aliphatic rings. The number of hydrogen-bond acceptors (Lipinski definition) is 9. The fourth-order valence-electron chi connectivity index (χ4n) is 5.82. The number of likely N-dealkylation sites (tertiary alicyclic amines) is 1. The van der Waals surface area contributed by atoms with Gasteiger partial charge in [-0.1, -0.05) is 0 Å². The molecule has 1 aliphatic carbocycles. The smallest absolute Gasteiger partial charge is 0.366 e. The van der Waals surface area contributed by atoms with Crippen molar-refractivity contribution in [1.29, 1.82) is 5.26 Å². The number of piperidine rings is 1. The standard InChI is InChI=1S/C27H33F3N10O/c1-25(2)11-18(12-26(3,4)39(25)6)33-22-16(13-31)14-32-23(35-22)34-17-9-19(27(28,29)30)21(15-7-8-15)20(10-17)40-24(41)38(5)36-37-40/h9-10,14-15,18H,7-8,11-12H2,1-6H3,(H2,32,33,34,35). The first-order valence-corrected chi connectivity index (χ1v) is 13.4. The van der Waals surface area contributed by atoms with Gasteiger partial charge in [0.05, 0.1) is 17.4 Å². The average Bonchev–Trinajstić information content (AvgIpc) is 3.66. The van der Waals surface area contributed by atoms with E-state index in [4.69, 9.17) is 0 Å². The van der Waals surface area contributed by atoms with Gasteiger partial charge >= 0.3 is 11.9 Å². The van der Waals surface area contributed by atoms with Crippen LogP contribution in [0, 0.1) is 11.3 Å². The summed E-state index contributed by atoms with van der Waals surface area (Å²) in [4.78, 5) is 23.6. The molecule has 1 saturated carbocycles. The monoisotopic (exact) mass is 570 g/mol. The zero-order chi connectivity index (χ0) is 29.9. The van der Waals surface area contributed by atoms with Crippen molar-refractivity contribution in [3.8, 4) is 11.8 Å². The van der Waals surface area contributed by atoms with Crippen LogP contribution in [0.1, 0.15) is 76.0 Å². The van der Waals surface area contributed by atoms with Crippen LogP contribution in [0.4, 0.5) is 30.6 Å². The van der Waals surface area contributed by atoms with Gasteiger partial charge in [0.25, 0.3) is 0 Å². The van der Waals surface area contributed by atoms with Crippen molar-refractivity contribution < 1.29 is 13.2 Å². The van der Waals surface area contributed by atoms with E-state index >= 15 is 0 Å². The Labute approximate surface area is 235 Å². The number of hydrogen-bond donors (Lipinski definition) is 2. The number of aryl methyl sites for hydroxylation is 1. The number of nitriles is 1. The van der Waals surface area contributed by atoms with Crippen molar-refractivity contribution >= 4 is 17.5 Å². The highest BCUT2D eigenvalue weighted by Crippen LogP contribution is 2.49. The molecule has 11 nitrogen and oxygen atoms in total. The van der Waals surface area contributed by atoms with Crippen molar-refractivity contribution in [2.75, 3.05) is 17.7 Å². The summed E-state index contributed by atoms with van der Waals surface area (Å²) < 4.78 is 44.7. The maximum Gasteiger partial charge on any atom is 0.416 e. The molecule has 1 aliphatic heterocycles. The Balaban J connectivity index is 1.53. The fourth-order valence-corrected chi connectivity index (χ4v) is 5.82. The largest absolute Gasteiger partial charge is 0.416 e. The van der Waals surface area contributed by atoms with Gasteiger partial charge < -0.3 is 10.6 Å². The second kappa shape index (κ2) is 9.83. The summed E-state index contributed by atoms with van der Waals surface area (Å²) in [6.07, 6.45) is -0.606. The van der Waals surface area contributed by atoms with Crippen molar-refractivity contribution in [1.82, 2.24) is 34.7 Å². The van der Waals surface area contributed by atoms with Crippen molar-refractivity contribution in [3.05, 3.63) is 45.5 Å². The number of nitrogens with zero attached hydrogens (tertiary/aromatic N) is 8. The van der Waals surface area contributed by atoms with Crippen molar-refractivity contribution in [2.24, 2.45) is 7.05 Å². The van der Waals surface area contributed by atoms with Gasteiger partial charge in [0.2, 0.25) is 5.95 Å². The maximum absolute atomic E-state index is 14.3. The topological polar surface area (TPSA) is 130 Å². The molecule has 1 saturated heterocycles. The number of halogens is 3.